The first-order valence-corrected chi connectivity index (χ1v) is 8.15. The number of nitrogens with zero attached hydrogens (tertiary/aromatic N) is 2. The van der Waals surface area contributed by atoms with E-state index >= 15 is 0 Å². The van der Waals surface area contributed by atoms with Gasteiger partial charge in [0.05, 0.1) is 11.0 Å². The van der Waals surface area contributed by atoms with Gasteiger partial charge in [0.2, 0.25) is 0 Å². The Balaban J connectivity index is 1.61. The van der Waals surface area contributed by atoms with Gasteiger partial charge in [-0.1, -0.05) is 36.4 Å². The molecule has 0 atom stereocenters. The summed E-state index contributed by atoms with van der Waals surface area (Å²) in [5, 5.41) is 2.82. The Morgan fingerprint density at radius 3 is 2.38 bits per heavy atom. The highest BCUT2D eigenvalue weighted by atomic mass is 16.2. The molecule has 0 saturated heterocycles. The zero-order valence-corrected chi connectivity index (χ0v) is 13.8. The molecule has 1 amide bonds. The van der Waals surface area contributed by atoms with Crippen LogP contribution in [0.25, 0.3) is 11.0 Å². The molecule has 1 aromatic heterocycles. The highest BCUT2D eigenvalue weighted by Crippen LogP contribution is 2.17. The molecule has 0 spiro atoms. The Labute approximate surface area is 149 Å². The number of nitrogens with one attached hydrogen (secondary N) is 1. The van der Waals surface area contributed by atoms with Gasteiger partial charge in [-0.05, 0) is 42.5 Å². The lowest BCUT2D eigenvalue weighted by molar-refractivity contribution is 0.0962. The number of hydrogen-bond donors (Lipinski definition) is 1. The molecule has 5 nitrogen and oxygen atoms in total. The molecule has 0 bridgehead atoms. The predicted octanol–water partition coefficient (Wildman–Crippen LogP) is 3.98. The van der Waals surface area contributed by atoms with Crippen molar-refractivity contribution in [3.63, 3.8) is 0 Å². The molecule has 4 aromatic rings. The van der Waals surface area contributed by atoms with E-state index in [2.05, 4.69) is 10.3 Å². The van der Waals surface area contributed by atoms with E-state index in [-0.39, 0.29) is 11.8 Å². The van der Waals surface area contributed by atoms with E-state index in [4.69, 9.17) is 0 Å². The van der Waals surface area contributed by atoms with Crippen LogP contribution in [0.1, 0.15) is 20.7 Å². The fourth-order valence-electron chi connectivity index (χ4n) is 2.78. The minimum Gasteiger partial charge on any atom is -0.322 e. The van der Waals surface area contributed by atoms with E-state index in [1.54, 1.807) is 48.5 Å². The largest absolute Gasteiger partial charge is 0.322 e. The predicted molar refractivity (Wildman–Crippen MR) is 100 cm³/mol. The topological polar surface area (TPSA) is 64.0 Å². The summed E-state index contributed by atoms with van der Waals surface area (Å²) in [5.74, 6) is -0.419. The van der Waals surface area contributed by atoms with Gasteiger partial charge in [0, 0.05) is 16.8 Å². The van der Waals surface area contributed by atoms with Crippen LogP contribution in [0.5, 0.6) is 0 Å². The Morgan fingerprint density at radius 2 is 1.54 bits per heavy atom. The highest BCUT2D eigenvalue weighted by molar-refractivity contribution is 6.06. The highest BCUT2D eigenvalue weighted by Gasteiger charge is 2.13. The molecule has 0 aliphatic heterocycles. The monoisotopic (exact) mass is 341 g/mol. The van der Waals surface area contributed by atoms with Gasteiger partial charge in [0.1, 0.15) is 6.33 Å². The van der Waals surface area contributed by atoms with Crippen LogP contribution in [-0.2, 0) is 0 Å². The number of carbonyl (C=O) groups is 2. The zero-order chi connectivity index (χ0) is 17.9. The second-order valence-electron chi connectivity index (χ2n) is 5.81. The SMILES string of the molecule is O=C(Nc1cccc(C(=O)n2cnc3ccccc32)c1)c1ccccc1. The van der Waals surface area contributed by atoms with Crippen LogP contribution in [0.3, 0.4) is 0 Å². The molecular formula is C21H15N3O2. The smallest absolute Gasteiger partial charge is 0.263 e. The average molecular weight is 341 g/mol. The van der Waals surface area contributed by atoms with Crippen LogP contribution in [-0.4, -0.2) is 21.4 Å². The third-order valence-electron chi connectivity index (χ3n) is 4.08. The number of anilines is 1. The molecule has 0 fully saturated rings. The lowest BCUT2D eigenvalue weighted by Gasteiger charge is -2.08. The number of amides is 1. The van der Waals surface area contributed by atoms with Crippen molar-refractivity contribution in [3.05, 3.63) is 96.3 Å². The van der Waals surface area contributed by atoms with Crippen molar-refractivity contribution in [2.75, 3.05) is 5.32 Å². The molecule has 5 heteroatoms. The minimum atomic E-state index is -0.219. The van der Waals surface area contributed by atoms with Crippen molar-refractivity contribution in [1.82, 2.24) is 9.55 Å². The molecule has 126 valence electrons. The molecule has 0 aliphatic carbocycles. The molecule has 3 aromatic carbocycles. The van der Waals surface area contributed by atoms with E-state index < -0.39 is 0 Å². The summed E-state index contributed by atoms with van der Waals surface area (Å²) < 4.78 is 1.51. The van der Waals surface area contributed by atoms with Gasteiger partial charge in [-0.15, -0.1) is 0 Å². The maximum atomic E-state index is 12.8. The number of hydrogen-bond acceptors (Lipinski definition) is 3. The van der Waals surface area contributed by atoms with Crippen molar-refractivity contribution in [2.45, 2.75) is 0 Å². The van der Waals surface area contributed by atoms with E-state index in [1.807, 2.05) is 30.3 Å². The van der Waals surface area contributed by atoms with Crippen molar-refractivity contribution in [2.24, 2.45) is 0 Å². The van der Waals surface area contributed by atoms with Crippen LogP contribution >= 0.6 is 0 Å². The Kier molecular flexibility index (Phi) is 4.03. The number of rotatable bonds is 3. The molecule has 1 heterocycles. The number of fused-ring (bicyclic) bond motifs is 1. The summed E-state index contributed by atoms with van der Waals surface area (Å²) in [6, 6.07) is 23.3. The first-order valence-electron chi connectivity index (χ1n) is 8.15. The summed E-state index contributed by atoms with van der Waals surface area (Å²) in [6.45, 7) is 0. The van der Waals surface area contributed by atoms with E-state index in [9.17, 15) is 9.59 Å². The lowest BCUT2D eigenvalue weighted by atomic mass is 10.1. The summed E-state index contributed by atoms with van der Waals surface area (Å²) in [4.78, 5) is 29.4. The van der Waals surface area contributed by atoms with Crippen LogP contribution in [0.4, 0.5) is 5.69 Å². The summed E-state index contributed by atoms with van der Waals surface area (Å²) in [6.07, 6.45) is 1.52. The average Bonchev–Trinajstić information content (AvgIpc) is 3.12. The number of imidazole rings is 1. The summed E-state index contributed by atoms with van der Waals surface area (Å²) >= 11 is 0. The van der Waals surface area contributed by atoms with Crippen LogP contribution in [0.2, 0.25) is 0 Å². The molecule has 1 N–H and O–H groups in total. The van der Waals surface area contributed by atoms with Gasteiger partial charge < -0.3 is 5.32 Å². The molecule has 0 radical (unpaired) electrons. The first kappa shape index (κ1) is 15.8. The van der Waals surface area contributed by atoms with Crippen LogP contribution in [0, 0.1) is 0 Å². The quantitative estimate of drug-likeness (QED) is 0.613. The standard InChI is InChI=1S/C21H15N3O2/c25-20(15-7-2-1-3-8-15)23-17-10-6-9-16(13-17)21(26)24-14-22-18-11-4-5-12-19(18)24/h1-14H,(H,23,25). The van der Waals surface area contributed by atoms with Crippen LogP contribution < -0.4 is 5.32 Å². The van der Waals surface area contributed by atoms with Crippen molar-refractivity contribution >= 4 is 28.5 Å². The second-order valence-corrected chi connectivity index (χ2v) is 5.81. The summed E-state index contributed by atoms with van der Waals surface area (Å²) in [7, 11) is 0. The third kappa shape index (κ3) is 2.98. The maximum absolute atomic E-state index is 12.8. The van der Waals surface area contributed by atoms with E-state index in [1.165, 1.54) is 10.9 Å². The molecule has 0 unspecified atom stereocenters. The number of aromatic nitrogens is 2. The first-order chi connectivity index (χ1) is 12.7. The van der Waals surface area contributed by atoms with Gasteiger partial charge >= 0.3 is 0 Å². The number of para-hydroxylation sites is 2. The molecule has 4 rings (SSSR count). The molecule has 0 saturated carbocycles. The molecule has 0 aliphatic rings. The van der Waals surface area contributed by atoms with Crippen molar-refractivity contribution in [1.29, 1.82) is 0 Å². The molecular weight excluding hydrogens is 326 g/mol. The number of benzene rings is 3. The minimum absolute atomic E-state index is 0.200. The fourth-order valence-corrected chi connectivity index (χ4v) is 2.78. The van der Waals surface area contributed by atoms with Crippen LogP contribution in [0.15, 0.2) is 85.2 Å². The van der Waals surface area contributed by atoms with Gasteiger partial charge in [-0.3, -0.25) is 14.2 Å². The zero-order valence-electron chi connectivity index (χ0n) is 13.8. The Bertz CT molecular complexity index is 1100. The van der Waals surface area contributed by atoms with Gasteiger partial charge in [-0.2, -0.15) is 0 Å². The summed E-state index contributed by atoms with van der Waals surface area (Å²) in [5.41, 5.74) is 3.10. The maximum Gasteiger partial charge on any atom is 0.263 e. The van der Waals surface area contributed by atoms with Gasteiger partial charge in [0.15, 0.2) is 0 Å². The third-order valence-corrected chi connectivity index (χ3v) is 4.08. The molecule has 26 heavy (non-hydrogen) atoms. The van der Waals surface area contributed by atoms with Gasteiger partial charge in [0.25, 0.3) is 11.8 Å². The van der Waals surface area contributed by atoms with E-state index in [0.717, 1.165) is 11.0 Å². The fraction of sp³-hybridized carbons (Fsp3) is 0. The van der Waals surface area contributed by atoms with Gasteiger partial charge in [-0.25, -0.2) is 4.98 Å². The van der Waals surface area contributed by atoms with E-state index in [0.29, 0.717) is 16.8 Å². The Morgan fingerprint density at radius 1 is 0.808 bits per heavy atom. The lowest BCUT2D eigenvalue weighted by Crippen LogP contribution is -2.14. The number of carbonyl (C=O) groups excluding carboxylic acids is 2. The normalized spacial score (nSPS) is 10.6. The Hall–Kier alpha value is -3.73. The van der Waals surface area contributed by atoms with Crippen molar-refractivity contribution in [3.8, 4) is 0 Å². The second kappa shape index (κ2) is 6.64. The van der Waals surface area contributed by atoms with Crippen molar-refractivity contribution < 1.29 is 9.59 Å².